The maximum atomic E-state index is 11.7. The van der Waals surface area contributed by atoms with Crippen LogP contribution in [0.1, 0.15) is 48.0 Å². The number of H-pyrrole nitrogens is 1. The summed E-state index contributed by atoms with van der Waals surface area (Å²) in [5, 5.41) is 3.13. The zero-order valence-corrected chi connectivity index (χ0v) is 13.0. The maximum absolute atomic E-state index is 11.7. The monoisotopic (exact) mass is 314 g/mol. The van der Waals surface area contributed by atoms with Gasteiger partial charge in [0, 0.05) is 10.9 Å². The van der Waals surface area contributed by atoms with Crippen LogP contribution in [0.15, 0.2) is 18.2 Å². The van der Waals surface area contributed by atoms with E-state index < -0.39 is 11.9 Å². The van der Waals surface area contributed by atoms with E-state index in [2.05, 4.69) is 10.3 Å². The second-order valence-electron chi connectivity index (χ2n) is 6.32. The average molecular weight is 314 g/mol. The molecule has 0 bridgehead atoms. The van der Waals surface area contributed by atoms with Crippen molar-refractivity contribution in [3.63, 3.8) is 0 Å². The second kappa shape index (κ2) is 6.32. The summed E-state index contributed by atoms with van der Waals surface area (Å²) in [6.45, 7) is 0. The number of urea groups is 1. The van der Waals surface area contributed by atoms with E-state index in [0.717, 1.165) is 17.9 Å². The molecule has 0 aliphatic heterocycles. The number of aromatic amines is 1. The number of carbonyl (C=O) groups is 2. The lowest BCUT2D eigenvalue weighted by Gasteiger charge is -2.21. The van der Waals surface area contributed by atoms with Crippen molar-refractivity contribution in [2.75, 3.05) is 5.32 Å². The van der Waals surface area contributed by atoms with Crippen LogP contribution in [0.5, 0.6) is 0 Å². The topological polar surface area (TPSA) is 114 Å². The normalized spacial score (nSPS) is 15.7. The van der Waals surface area contributed by atoms with E-state index >= 15 is 0 Å². The minimum atomic E-state index is -0.735. The van der Waals surface area contributed by atoms with Gasteiger partial charge in [-0.3, -0.25) is 10.1 Å². The number of anilines is 1. The maximum Gasteiger partial charge on any atom is 0.317 e. The van der Waals surface area contributed by atoms with Crippen molar-refractivity contribution < 1.29 is 9.59 Å². The molecule has 6 nitrogen and oxygen atoms in total. The number of hydrogen-bond donors (Lipinski definition) is 4. The smallest absolute Gasteiger partial charge is 0.317 e. The third-order valence-corrected chi connectivity index (χ3v) is 4.61. The molecule has 0 unspecified atom stereocenters. The van der Waals surface area contributed by atoms with Gasteiger partial charge in [0.25, 0.3) is 5.91 Å². The number of nitrogens with two attached hydrogens (primary N) is 2. The number of carbonyl (C=O) groups excluding carboxylic acids is 2. The van der Waals surface area contributed by atoms with Gasteiger partial charge >= 0.3 is 6.03 Å². The molecule has 23 heavy (non-hydrogen) atoms. The zero-order valence-electron chi connectivity index (χ0n) is 13.0. The van der Waals surface area contributed by atoms with Crippen LogP contribution in [0, 0.1) is 5.92 Å². The number of fused-ring (bicyclic) bond motifs is 1. The van der Waals surface area contributed by atoms with E-state index in [1.54, 1.807) is 0 Å². The van der Waals surface area contributed by atoms with Crippen LogP contribution in [-0.4, -0.2) is 16.9 Å². The van der Waals surface area contributed by atoms with Crippen molar-refractivity contribution in [1.82, 2.24) is 4.98 Å². The molecule has 0 radical (unpaired) electrons. The van der Waals surface area contributed by atoms with Gasteiger partial charge in [-0.05, 0) is 24.0 Å². The Morgan fingerprint density at radius 1 is 1.17 bits per heavy atom. The molecule has 6 heteroatoms. The number of nitrogens with one attached hydrogen (secondary N) is 2. The van der Waals surface area contributed by atoms with Crippen LogP contribution in [-0.2, 0) is 6.42 Å². The Kier molecular flexibility index (Phi) is 4.23. The molecule has 0 spiro atoms. The first kappa shape index (κ1) is 15.4. The van der Waals surface area contributed by atoms with Crippen molar-refractivity contribution >= 4 is 28.7 Å². The minimum Gasteiger partial charge on any atom is -0.365 e. The first-order chi connectivity index (χ1) is 11.0. The molecule has 2 aromatic rings. The summed E-state index contributed by atoms with van der Waals surface area (Å²) < 4.78 is 0. The average Bonchev–Trinajstić information content (AvgIpc) is 2.84. The van der Waals surface area contributed by atoms with Gasteiger partial charge in [0.05, 0.1) is 5.56 Å². The van der Waals surface area contributed by atoms with Gasteiger partial charge in [-0.25, -0.2) is 4.79 Å². The molecule has 1 aliphatic rings. The summed E-state index contributed by atoms with van der Waals surface area (Å²) in [6, 6.07) is 5.21. The largest absolute Gasteiger partial charge is 0.365 e. The Hall–Kier alpha value is -2.50. The first-order valence-corrected chi connectivity index (χ1v) is 8.05. The summed E-state index contributed by atoms with van der Waals surface area (Å²) in [5.41, 5.74) is 12.9. The number of primary amides is 2. The predicted molar refractivity (Wildman–Crippen MR) is 90.3 cm³/mol. The van der Waals surface area contributed by atoms with E-state index in [4.69, 9.17) is 11.5 Å². The van der Waals surface area contributed by atoms with Gasteiger partial charge in [0.2, 0.25) is 0 Å². The standard InChI is InChI=1S/C17H22N4O2/c18-15(22)14-12-7-6-11(8-10-4-2-1-3-5-10)9-13(12)20-16(14)21-17(19)23/h6-7,9-10,20H,1-5,8H2,(H2,18,22)(H3,19,21,23). The summed E-state index contributed by atoms with van der Waals surface area (Å²) in [7, 11) is 0. The van der Waals surface area contributed by atoms with Crippen molar-refractivity contribution in [1.29, 1.82) is 0 Å². The SMILES string of the molecule is NC(=O)Nc1[nH]c2cc(CC3CCCCC3)ccc2c1C(N)=O. The lowest BCUT2D eigenvalue weighted by Crippen LogP contribution is -2.22. The van der Waals surface area contributed by atoms with Crippen LogP contribution in [0.4, 0.5) is 10.6 Å². The molecule has 0 atom stereocenters. The number of benzene rings is 1. The Bertz CT molecular complexity index is 744. The fourth-order valence-corrected chi connectivity index (χ4v) is 3.57. The molecule has 0 saturated heterocycles. The summed E-state index contributed by atoms with van der Waals surface area (Å²) in [6.07, 6.45) is 7.57. The van der Waals surface area contributed by atoms with E-state index in [1.807, 2.05) is 18.2 Å². The lowest BCUT2D eigenvalue weighted by atomic mass is 9.85. The van der Waals surface area contributed by atoms with Crippen molar-refractivity contribution in [3.05, 3.63) is 29.3 Å². The molecule has 3 rings (SSSR count). The Labute approximate surface area is 134 Å². The second-order valence-corrected chi connectivity index (χ2v) is 6.32. The van der Waals surface area contributed by atoms with Crippen LogP contribution in [0.25, 0.3) is 10.9 Å². The third-order valence-electron chi connectivity index (χ3n) is 4.61. The molecule has 1 aromatic carbocycles. The molecule has 1 heterocycles. The van der Waals surface area contributed by atoms with E-state index in [1.165, 1.54) is 37.7 Å². The molecular weight excluding hydrogens is 292 g/mol. The number of rotatable bonds is 4. The number of amides is 3. The Morgan fingerprint density at radius 3 is 2.57 bits per heavy atom. The quantitative estimate of drug-likeness (QED) is 0.695. The molecule has 6 N–H and O–H groups in total. The highest BCUT2D eigenvalue weighted by molar-refractivity contribution is 6.12. The lowest BCUT2D eigenvalue weighted by molar-refractivity contribution is 0.100. The molecular formula is C17H22N4O2. The number of hydrogen-bond acceptors (Lipinski definition) is 2. The zero-order chi connectivity index (χ0) is 16.4. The van der Waals surface area contributed by atoms with Crippen LogP contribution in [0.3, 0.4) is 0 Å². The molecule has 122 valence electrons. The van der Waals surface area contributed by atoms with Crippen LogP contribution in [0.2, 0.25) is 0 Å². The predicted octanol–water partition coefficient (Wildman–Crippen LogP) is 2.88. The highest BCUT2D eigenvalue weighted by atomic mass is 16.2. The Morgan fingerprint density at radius 2 is 1.91 bits per heavy atom. The highest BCUT2D eigenvalue weighted by Crippen LogP contribution is 2.30. The van der Waals surface area contributed by atoms with Gasteiger partial charge in [-0.15, -0.1) is 0 Å². The number of aromatic nitrogens is 1. The van der Waals surface area contributed by atoms with Crippen molar-refractivity contribution in [3.8, 4) is 0 Å². The fourth-order valence-electron chi connectivity index (χ4n) is 3.57. The molecule has 1 aliphatic carbocycles. The van der Waals surface area contributed by atoms with Crippen LogP contribution < -0.4 is 16.8 Å². The van der Waals surface area contributed by atoms with E-state index in [9.17, 15) is 9.59 Å². The van der Waals surface area contributed by atoms with E-state index in [-0.39, 0.29) is 11.4 Å². The summed E-state index contributed by atoms with van der Waals surface area (Å²) in [4.78, 5) is 25.8. The Balaban J connectivity index is 1.92. The minimum absolute atomic E-state index is 0.259. The van der Waals surface area contributed by atoms with Gasteiger partial charge in [-0.1, -0.05) is 44.2 Å². The fraction of sp³-hybridized carbons (Fsp3) is 0.412. The van der Waals surface area contributed by atoms with Crippen molar-refractivity contribution in [2.24, 2.45) is 17.4 Å². The molecule has 1 saturated carbocycles. The van der Waals surface area contributed by atoms with Gasteiger partial charge in [0.15, 0.2) is 0 Å². The van der Waals surface area contributed by atoms with Crippen molar-refractivity contribution in [2.45, 2.75) is 38.5 Å². The summed E-state index contributed by atoms with van der Waals surface area (Å²) in [5.74, 6) is 0.393. The third kappa shape index (κ3) is 3.31. The highest BCUT2D eigenvalue weighted by Gasteiger charge is 2.19. The van der Waals surface area contributed by atoms with Crippen LogP contribution >= 0.6 is 0 Å². The van der Waals surface area contributed by atoms with Gasteiger partial charge < -0.3 is 16.5 Å². The van der Waals surface area contributed by atoms with E-state index in [0.29, 0.717) is 5.39 Å². The van der Waals surface area contributed by atoms with Gasteiger partial charge in [-0.2, -0.15) is 0 Å². The molecule has 1 fully saturated rings. The van der Waals surface area contributed by atoms with Gasteiger partial charge in [0.1, 0.15) is 5.82 Å². The first-order valence-electron chi connectivity index (χ1n) is 8.05. The molecule has 1 aromatic heterocycles. The summed E-state index contributed by atoms with van der Waals surface area (Å²) >= 11 is 0. The molecule has 3 amide bonds.